The van der Waals surface area contributed by atoms with Crippen molar-refractivity contribution < 1.29 is 0 Å². The molecule has 68 valence electrons. The molecule has 3 nitrogen and oxygen atoms in total. The lowest BCUT2D eigenvalue weighted by Gasteiger charge is -1.97. The van der Waals surface area contributed by atoms with E-state index in [1.54, 1.807) is 37.4 Å². The second-order valence-electron chi connectivity index (χ2n) is 2.37. The lowest BCUT2D eigenvalue weighted by Crippen LogP contribution is -2.12. The molecule has 0 unspecified atom stereocenters. The molecule has 0 fully saturated rings. The van der Waals surface area contributed by atoms with E-state index < -0.39 is 0 Å². The SMILES string of the molecule is C/C=N/N=C(\N)c1ccc(Cl)cc1. The number of rotatable bonds is 2. The highest BCUT2D eigenvalue weighted by molar-refractivity contribution is 6.30. The van der Waals surface area contributed by atoms with Crippen LogP contribution >= 0.6 is 11.6 Å². The number of nitrogens with two attached hydrogens (primary N) is 1. The maximum atomic E-state index is 5.71. The summed E-state index contributed by atoms with van der Waals surface area (Å²) in [7, 11) is 0. The van der Waals surface area contributed by atoms with Crippen LogP contribution in [0.3, 0.4) is 0 Å². The first-order valence-electron chi connectivity index (χ1n) is 3.81. The Bertz CT molecular complexity index is 327. The van der Waals surface area contributed by atoms with Crippen LogP contribution in [0.4, 0.5) is 0 Å². The fourth-order valence-electron chi connectivity index (χ4n) is 0.798. The Balaban J connectivity index is 2.89. The molecule has 0 heterocycles. The molecule has 1 rings (SSSR count). The maximum Gasteiger partial charge on any atom is 0.153 e. The van der Waals surface area contributed by atoms with Gasteiger partial charge in [0.25, 0.3) is 0 Å². The molecule has 0 amide bonds. The topological polar surface area (TPSA) is 50.7 Å². The zero-order valence-electron chi connectivity index (χ0n) is 7.24. The van der Waals surface area contributed by atoms with Crippen molar-refractivity contribution in [2.75, 3.05) is 0 Å². The Morgan fingerprint density at radius 2 is 2.00 bits per heavy atom. The normalized spacial score (nSPS) is 12.3. The molecular formula is C9H10ClN3. The number of hydrogen-bond donors (Lipinski definition) is 1. The standard InChI is InChI=1S/C9H10ClN3/c1-2-12-13-9(11)7-3-5-8(10)6-4-7/h2-6H,1H3,(H2,11,13)/b12-2+. The molecule has 0 aliphatic heterocycles. The molecule has 4 heteroatoms. The van der Waals surface area contributed by atoms with Crippen LogP contribution in [0.5, 0.6) is 0 Å². The van der Waals surface area contributed by atoms with Gasteiger partial charge < -0.3 is 5.73 Å². The average molecular weight is 196 g/mol. The predicted octanol–water partition coefficient (Wildman–Crippen LogP) is 2.05. The van der Waals surface area contributed by atoms with E-state index in [0.29, 0.717) is 10.9 Å². The third-order valence-corrected chi connectivity index (χ3v) is 1.67. The van der Waals surface area contributed by atoms with Crippen LogP contribution in [0.1, 0.15) is 12.5 Å². The van der Waals surface area contributed by atoms with Gasteiger partial charge in [-0.25, -0.2) is 0 Å². The number of halogens is 1. The van der Waals surface area contributed by atoms with E-state index in [-0.39, 0.29) is 0 Å². The van der Waals surface area contributed by atoms with Crippen molar-refractivity contribution in [3.63, 3.8) is 0 Å². The zero-order valence-corrected chi connectivity index (χ0v) is 7.99. The van der Waals surface area contributed by atoms with Crippen molar-refractivity contribution in [3.8, 4) is 0 Å². The van der Waals surface area contributed by atoms with Gasteiger partial charge in [0.15, 0.2) is 5.84 Å². The number of amidine groups is 1. The third-order valence-electron chi connectivity index (χ3n) is 1.42. The first kappa shape index (κ1) is 9.74. The zero-order chi connectivity index (χ0) is 9.68. The minimum absolute atomic E-state index is 0.384. The van der Waals surface area contributed by atoms with Crippen molar-refractivity contribution in [1.29, 1.82) is 0 Å². The lowest BCUT2D eigenvalue weighted by atomic mass is 10.2. The van der Waals surface area contributed by atoms with Crippen LogP contribution in [-0.4, -0.2) is 12.1 Å². The summed E-state index contributed by atoms with van der Waals surface area (Å²) in [6.45, 7) is 1.78. The fraction of sp³-hybridized carbons (Fsp3) is 0.111. The number of benzene rings is 1. The van der Waals surface area contributed by atoms with E-state index in [1.807, 2.05) is 0 Å². The molecule has 1 aromatic carbocycles. The summed E-state index contributed by atoms with van der Waals surface area (Å²) in [5, 5.41) is 8.12. The summed E-state index contributed by atoms with van der Waals surface area (Å²) in [6.07, 6.45) is 1.57. The second-order valence-corrected chi connectivity index (χ2v) is 2.80. The van der Waals surface area contributed by atoms with Gasteiger partial charge in [-0.2, -0.15) is 5.10 Å². The summed E-state index contributed by atoms with van der Waals surface area (Å²) in [4.78, 5) is 0. The molecule has 1 aromatic rings. The van der Waals surface area contributed by atoms with Gasteiger partial charge in [-0.1, -0.05) is 11.6 Å². The Morgan fingerprint density at radius 1 is 1.38 bits per heavy atom. The second kappa shape index (κ2) is 4.62. The first-order valence-corrected chi connectivity index (χ1v) is 4.19. The van der Waals surface area contributed by atoms with Gasteiger partial charge in [0.2, 0.25) is 0 Å². The predicted molar refractivity (Wildman–Crippen MR) is 56.3 cm³/mol. The molecule has 2 N–H and O–H groups in total. The summed E-state index contributed by atoms with van der Waals surface area (Å²) in [5.41, 5.74) is 6.44. The number of hydrogen-bond acceptors (Lipinski definition) is 2. The lowest BCUT2D eigenvalue weighted by molar-refractivity contribution is 1.23. The van der Waals surface area contributed by atoms with E-state index in [4.69, 9.17) is 17.3 Å². The molecule has 0 atom stereocenters. The first-order chi connectivity index (χ1) is 6.24. The molecule has 0 bridgehead atoms. The van der Waals surface area contributed by atoms with Crippen LogP contribution in [-0.2, 0) is 0 Å². The van der Waals surface area contributed by atoms with Crippen molar-refractivity contribution >= 4 is 23.7 Å². The highest BCUT2D eigenvalue weighted by Gasteiger charge is 1.96. The summed E-state index contributed by atoms with van der Waals surface area (Å²) in [5.74, 6) is 0.384. The van der Waals surface area contributed by atoms with Gasteiger partial charge in [0.05, 0.1) is 0 Å². The van der Waals surface area contributed by atoms with Gasteiger partial charge in [0, 0.05) is 16.8 Å². The maximum absolute atomic E-state index is 5.71. The van der Waals surface area contributed by atoms with Crippen LogP contribution < -0.4 is 5.73 Å². The fourth-order valence-corrected chi connectivity index (χ4v) is 0.924. The van der Waals surface area contributed by atoms with Crippen molar-refractivity contribution in [2.45, 2.75) is 6.92 Å². The van der Waals surface area contributed by atoms with Crippen LogP contribution in [0.2, 0.25) is 5.02 Å². The molecule has 0 spiro atoms. The van der Waals surface area contributed by atoms with Gasteiger partial charge in [0.1, 0.15) is 0 Å². The quantitative estimate of drug-likeness (QED) is 0.438. The summed E-state index contributed by atoms with van der Waals surface area (Å²) < 4.78 is 0. The van der Waals surface area contributed by atoms with E-state index >= 15 is 0 Å². The Hall–Kier alpha value is -1.35. The van der Waals surface area contributed by atoms with E-state index in [2.05, 4.69) is 10.2 Å². The van der Waals surface area contributed by atoms with Gasteiger partial charge in [-0.05, 0) is 31.2 Å². The molecule has 13 heavy (non-hydrogen) atoms. The third kappa shape index (κ3) is 2.87. The Morgan fingerprint density at radius 3 is 2.54 bits per heavy atom. The van der Waals surface area contributed by atoms with Gasteiger partial charge >= 0.3 is 0 Å². The molecule has 0 aromatic heterocycles. The van der Waals surface area contributed by atoms with Crippen LogP contribution in [0.25, 0.3) is 0 Å². The molecule has 0 aliphatic rings. The molecule has 0 saturated heterocycles. The largest absolute Gasteiger partial charge is 0.382 e. The Labute approximate surface area is 81.9 Å². The van der Waals surface area contributed by atoms with E-state index in [9.17, 15) is 0 Å². The molecule has 0 saturated carbocycles. The molecule has 0 aliphatic carbocycles. The monoisotopic (exact) mass is 195 g/mol. The van der Waals surface area contributed by atoms with Crippen molar-refractivity contribution in [2.24, 2.45) is 15.9 Å². The van der Waals surface area contributed by atoms with Crippen LogP contribution in [0.15, 0.2) is 34.5 Å². The number of nitrogens with zero attached hydrogens (tertiary/aromatic N) is 2. The highest BCUT2D eigenvalue weighted by atomic mass is 35.5. The highest BCUT2D eigenvalue weighted by Crippen LogP contribution is 2.08. The molecule has 0 radical (unpaired) electrons. The minimum atomic E-state index is 0.384. The summed E-state index contributed by atoms with van der Waals surface area (Å²) >= 11 is 5.71. The van der Waals surface area contributed by atoms with E-state index in [1.165, 1.54) is 0 Å². The van der Waals surface area contributed by atoms with Crippen LogP contribution in [0, 0.1) is 0 Å². The molecular weight excluding hydrogens is 186 g/mol. The average Bonchev–Trinajstić information content (AvgIpc) is 2.15. The smallest absolute Gasteiger partial charge is 0.153 e. The van der Waals surface area contributed by atoms with Crippen molar-refractivity contribution in [1.82, 2.24) is 0 Å². The summed E-state index contributed by atoms with van der Waals surface area (Å²) in [6, 6.07) is 7.11. The van der Waals surface area contributed by atoms with E-state index in [0.717, 1.165) is 5.56 Å². The van der Waals surface area contributed by atoms with Gasteiger partial charge in [-0.3, -0.25) is 0 Å². The minimum Gasteiger partial charge on any atom is -0.382 e. The van der Waals surface area contributed by atoms with Gasteiger partial charge in [-0.15, -0.1) is 5.10 Å². The Kier molecular flexibility index (Phi) is 3.46. The van der Waals surface area contributed by atoms with Crippen molar-refractivity contribution in [3.05, 3.63) is 34.9 Å².